The van der Waals surface area contributed by atoms with Crippen molar-refractivity contribution >= 4 is 23.6 Å². The molecule has 1 amide bonds. The van der Waals surface area contributed by atoms with E-state index in [1.54, 1.807) is 25.3 Å². The maximum atomic E-state index is 11.8. The molecule has 134 valence electrons. The fourth-order valence-electron chi connectivity index (χ4n) is 2.68. The largest absolute Gasteiger partial charge is 0.469 e. The minimum absolute atomic E-state index is 0.00412. The van der Waals surface area contributed by atoms with Crippen molar-refractivity contribution < 1.29 is 9.21 Å². The lowest BCUT2D eigenvalue weighted by atomic mass is 10.2. The summed E-state index contributed by atoms with van der Waals surface area (Å²) in [5, 5.41) is 7.51. The number of carbonyl (C=O) groups is 1. The summed E-state index contributed by atoms with van der Waals surface area (Å²) < 4.78 is 5.34. The summed E-state index contributed by atoms with van der Waals surface area (Å²) in [4.78, 5) is 17.8. The standard InChI is InChI=1S/C17H28N4O2S/c1-21(2)16(22)12-19-17(18-9-8-14-5-4-10-23-14)20-13-6-7-15(11-13)24-3/h4-5,10,13,15H,6-9,11-12H2,1-3H3,(H2,18,19,20). The quantitative estimate of drug-likeness (QED) is 0.578. The molecule has 1 aromatic rings. The van der Waals surface area contributed by atoms with E-state index in [4.69, 9.17) is 4.42 Å². The molecule has 24 heavy (non-hydrogen) atoms. The van der Waals surface area contributed by atoms with Gasteiger partial charge in [-0.05, 0) is 37.7 Å². The van der Waals surface area contributed by atoms with Crippen LogP contribution >= 0.6 is 11.8 Å². The van der Waals surface area contributed by atoms with Crippen LogP contribution in [0.4, 0.5) is 0 Å². The zero-order chi connectivity index (χ0) is 17.4. The van der Waals surface area contributed by atoms with E-state index in [1.807, 2.05) is 23.9 Å². The number of guanidine groups is 1. The number of furan rings is 1. The average Bonchev–Trinajstić information content (AvgIpc) is 3.23. The lowest BCUT2D eigenvalue weighted by molar-refractivity contribution is -0.127. The molecule has 0 bridgehead atoms. The first-order valence-corrected chi connectivity index (χ1v) is 9.67. The van der Waals surface area contributed by atoms with E-state index in [0.29, 0.717) is 18.5 Å². The molecule has 2 atom stereocenters. The SMILES string of the molecule is CSC1CCC(NC(=NCC(=O)N(C)C)NCCc2ccco2)C1. The maximum Gasteiger partial charge on any atom is 0.243 e. The number of carbonyl (C=O) groups excluding carboxylic acids is 1. The molecule has 0 aromatic carbocycles. The number of nitrogens with zero attached hydrogens (tertiary/aromatic N) is 2. The third kappa shape index (κ3) is 6.11. The van der Waals surface area contributed by atoms with Crippen molar-refractivity contribution in [3.63, 3.8) is 0 Å². The summed E-state index contributed by atoms with van der Waals surface area (Å²) in [5.41, 5.74) is 0. The Hall–Kier alpha value is -1.63. The number of thioether (sulfide) groups is 1. The van der Waals surface area contributed by atoms with E-state index in [1.165, 1.54) is 6.42 Å². The third-order valence-corrected chi connectivity index (χ3v) is 5.27. The van der Waals surface area contributed by atoms with Crippen molar-refractivity contribution in [1.29, 1.82) is 0 Å². The minimum Gasteiger partial charge on any atom is -0.469 e. The van der Waals surface area contributed by atoms with E-state index in [-0.39, 0.29) is 12.5 Å². The topological polar surface area (TPSA) is 69.9 Å². The molecule has 2 N–H and O–H groups in total. The van der Waals surface area contributed by atoms with Gasteiger partial charge in [-0.15, -0.1) is 0 Å². The first-order valence-electron chi connectivity index (χ1n) is 8.38. The Morgan fingerprint density at radius 1 is 1.46 bits per heavy atom. The van der Waals surface area contributed by atoms with Crippen molar-refractivity contribution in [1.82, 2.24) is 15.5 Å². The molecule has 0 radical (unpaired) electrons. The highest BCUT2D eigenvalue weighted by molar-refractivity contribution is 7.99. The molecular formula is C17H28N4O2S. The van der Waals surface area contributed by atoms with Crippen LogP contribution in [-0.4, -0.2) is 61.5 Å². The van der Waals surface area contributed by atoms with Gasteiger partial charge in [0.15, 0.2) is 5.96 Å². The van der Waals surface area contributed by atoms with E-state index in [2.05, 4.69) is 21.9 Å². The third-order valence-electron chi connectivity index (χ3n) is 4.17. The molecule has 0 aliphatic heterocycles. The van der Waals surface area contributed by atoms with Gasteiger partial charge in [-0.2, -0.15) is 11.8 Å². The van der Waals surface area contributed by atoms with Crippen molar-refractivity contribution in [3.05, 3.63) is 24.2 Å². The normalized spacial score (nSPS) is 20.9. The highest BCUT2D eigenvalue weighted by atomic mass is 32.2. The Balaban J connectivity index is 1.87. The van der Waals surface area contributed by atoms with Gasteiger partial charge in [0.25, 0.3) is 0 Å². The van der Waals surface area contributed by atoms with Gasteiger partial charge in [0, 0.05) is 38.4 Å². The zero-order valence-electron chi connectivity index (χ0n) is 14.7. The van der Waals surface area contributed by atoms with Gasteiger partial charge in [0.2, 0.25) is 5.91 Å². The van der Waals surface area contributed by atoms with Gasteiger partial charge in [-0.3, -0.25) is 4.79 Å². The van der Waals surface area contributed by atoms with Gasteiger partial charge >= 0.3 is 0 Å². The lowest BCUT2D eigenvalue weighted by Crippen LogP contribution is -2.44. The second kappa shape index (κ2) is 9.61. The molecule has 2 rings (SSSR count). The number of aliphatic imine (C=N–C) groups is 1. The lowest BCUT2D eigenvalue weighted by Gasteiger charge is -2.18. The van der Waals surface area contributed by atoms with Crippen LogP contribution in [0.3, 0.4) is 0 Å². The van der Waals surface area contributed by atoms with Crippen LogP contribution in [0.15, 0.2) is 27.8 Å². The van der Waals surface area contributed by atoms with Gasteiger partial charge in [0.05, 0.1) is 6.26 Å². The molecule has 1 fully saturated rings. The van der Waals surface area contributed by atoms with Gasteiger partial charge in [-0.25, -0.2) is 4.99 Å². The van der Waals surface area contributed by atoms with Crippen LogP contribution < -0.4 is 10.6 Å². The van der Waals surface area contributed by atoms with Crippen LogP contribution in [0, 0.1) is 0 Å². The molecule has 0 spiro atoms. The number of likely N-dealkylation sites (N-methyl/N-ethyl adjacent to an activating group) is 1. The van der Waals surface area contributed by atoms with Crippen LogP contribution in [-0.2, 0) is 11.2 Å². The maximum absolute atomic E-state index is 11.8. The second-order valence-corrected chi connectivity index (χ2v) is 7.36. The highest BCUT2D eigenvalue weighted by Crippen LogP contribution is 2.27. The van der Waals surface area contributed by atoms with E-state index in [0.717, 1.165) is 30.3 Å². The summed E-state index contributed by atoms with van der Waals surface area (Å²) in [6.45, 7) is 0.871. The Bertz CT molecular complexity index is 531. The summed E-state index contributed by atoms with van der Waals surface area (Å²) in [6.07, 6.45) is 8.15. The molecule has 6 nitrogen and oxygen atoms in total. The molecule has 7 heteroatoms. The van der Waals surface area contributed by atoms with E-state index < -0.39 is 0 Å². The van der Waals surface area contributed by atoms with Crippen LogP contribution in [0.2, 0.25) is 0 Å². The van der Waals surface area contributed by atoms with Crippen molar-refractivity contribution in [2.75, 3.05) is 33.4 Å². The number of hydrogen-bond donors (Lipinski definition) is 2. The molecule has 0 saturated heterocycles. The van der Waals surface area contributed by atoms with Crippen LogP contribution in [0.5, 0.6) is 0 Å². The summed E-state index contributed by atoms with van der Waals surface area (Å²) in [5.74, 6) is 1.65. The molecule has 1 aliphatic rings. The molecule has 1 aliphatic carbocycles. The summed E-state index contributed by atoms with van der Waals surface area (Å²) in [6, 6.07) is 4.27. The zero-order valence-corrected chi connectivity index (χ0v) is 15.6. The van der Waals surface area contributed by atoms with Crippen LogP contribution in [0.25, 0.3) is 0 Å². The number of amides is 1. The summed E-state index contributed by atoms with van der Waals surface area (Å²) in [7, 11) is 3.49. The smallest absolute Gasteiger partial charge is 0.243 e. The first-order chi connectivity index (χ1) is 11.6. The fraction of sp³-hybridized carbons (Fsp3) is 0.647. The Kier molecular flexibility index (Phi) is 7.49. The molecular weight excluding hydrogens is 324 g/mol. The van der Waals surface area contributed by atoms with E-state index in [9.17, 15) is 4.79 Å². The molecule has 1 aromatic heterocycles. The number of hydrogen-bond acceptors (Lipinski definition) is 4. The van der Waals surface area contributed by atoms with Gasteiger partial charge in [0.1, 0.15) is 12.3 Å². The molecule has 1 saturated carbocycles. The monoisotopic (exact) mass is 352 g/mol. The van der Waals surface area contributed by atoms with Gasteiger partial charge < -0.3 is 20.0 Å². The van der Waals surface area contributed by atoms with Crippen molar-refractivity contribution in [2.45, 2.75) is 37.0 Å². The number of rotatable bonds is 7. The number of nitrogens with one attached hydrogen (secondary N) is 2. The predicted molar refractivity (Wildman–Crippen MR) is 99.5 cm³/mol. The Labute approximate surface area is 148 Å². The Morgan fingerprint density at radius 2 is 2.29 bits per heavy atom. The van der Waals surface area contributed by atoms with E-state index >= 15 is 0 Å². The van der Waals surface area contributed by atoms with Gasteiger partial charge in [-0.1, -0.05) is 0 Å². The molecule has 2 unspecified atom stereocenters. The predicted octanol–water partition coefficient (Wildman–Crippen LogP) is 1.73. The first kappa shape index (κ1) is 18.7. The molecule has 1 heterocycles. The average molecular weight is 353 g/mol. The van der Waals surface area contributed by atoms with Crippen LogP contribution in [0.1, 0.15) is 25.0 Å². The Morgan fingerprint density at radius 3 is 2.92 bits per heavy atom. The highest BCUT2D eigenvalue weighted by Gasteiger charge is 2.24. The minimum atomic E-state index is -0.00412. The fourth-order valence-corrected chi connectivity index (χ4v) is 3.47. The second-order valence-electron chi connectivity index (χ2n) is 6.22. The summed E-state index contributed by atoms with van der Waals surface area (Å²) >= 11 is 1.93. The van der Waals surface area contributed by atoms with Crippen molar-refractivity contribution in [3.8, 4) is 0 Å². The van der Waals surface area contributed by atoms with Crippen molar-refractivity contribution in [2.24, 2.45) is 4.99 Å².